The fourth-order valence-corrected chi connectivity index (χ4v) is 6.15. The molecule has 0 saturated carbocycles. The van der Waals surface area contributed by atoms with Gasteiger partial charge >= 0.3 is 13.5 Å². The van der Waals surface area contributed by atoms with Crippen LogP contribution in [0.4, 0.5) is 0 Å². The predicted molar refractivity (Wildman–Crippen MR) is 118 cm³/mol. The van der Waals surface area contributed by atoms with Gasteiger partial charge < -0.3 is 14.0 Å². The van der Waals surface area contributed by atoms with Crippen LogP contribution in [0.15, 0.2) is 48.5 Å². The molecule has 0 radical (unpaired) electrons. The van der Waals surface area contributed by atoms with Gasteiger partial charge in [-0.2, -0.15) is 0 Å². The summed E-state index contributed by atoms with van der Waals surface area (Å²) < 4.78 is 32.6. The van der Waals surface area contributed by atoms with Gasteiger partial charge in [-0.25, -0.2) is 4.67 Å². The van der Waals surface area contributed by atoms with E-state index in [1.165, 1.54) is 0 Å². The third-order valence-corrected chi connectivity index (χ3v) is 8.07. The highest BCUT2D eigenvalue weighted by atomic mass is 35.5. The molecule has 0 spiro atoms. The smallest absolute Gasteiger partial charge is 0.320 e. The Hall–Kier alpha value is -1.85. The molecule has 30 heavy (non-hydrogen) atoms. The maximum atomic E-state index is 14.1. The molecule has 1 heterocycles. The minimum absolute atomic E-state index is 0.0961. The lowest BCUT2D eigenvalue weighted by molar-refractivity contribution is -0.144. The van der Waals surface area contributed by atoms with Crippen molar-refractivity contribution in [2.75, 3.05) is 19.8 Å². The van der Waals surface area contributed by atoms with Crippen LogP contribution in [0.3, 0.4) is 0 Å². The summed E-state index contributed by atoms with van der Waals surface area (Å²) in [5.41, 5.74) is -0.489. The van der Waals surface area contributed by atoms with Gasteiger partial charge in [-0.05, 0) is 82.1 Å². The number of nitrogens with zero attached hydrogens (tertiary/aromatic N) is 1. The average molecular weight is 452 g/mol. The van der Waals surface area contributed by atoms with Gasteiger partial charge in [-0.15, -0.1) is 0 Å². The van der Waals surface area contributed by atoms with Gasteiger partial charge in [0.1, 0.15) is 18.0 Å². The van der Waals surface area contributed by atoms with Crippen molar-refractivity contribution >= 4 is 30.4 Å². The molecule has 1 unspecified atom stereocenters. The van der Waals surface area contributed by atoms with Crippen LogP contribution >= 0.6 is 19.1 Å². The number of hydrogen-bond donors (Lipinski definition) is 0. The minimum Gasteiger partial charge on any atom is -0.465 e. The van der Waals surface area contributed by atoms with Crippen molar-refractivity contribution in [1.82, 2.24) is 4.67 Å². The Bertz CT molecular complexity index is 914. The molecule has 2 aromatic rings. The summed E-state index contributed by atoms with van der Waals surface area (Å²) in [7, 11) is -3.47. The number of carbonyl (C=O) groups is 1. The van der Waals surface area contributed by atoms with E-state index < -0.39 is 19.0 Å². The summed E-state index contributed by atoms with van der Waals surface area (Å²) in [6.07, 6.45) is 1.52. The fourth-order valence-electron chi connectivity index (χ4n) is 3.44. The van der Waals surface area contributed by atoms with Gasteiger partial charge in [0.2, 0.25) is 0 Å². The maximum Gasteiger partial charge on any atom is 0.320 e. The summed E-state index contributed by atoms with van der Waals surface area (Å²) in [5, 5.41) is 1.15. The quantitative estimate of drug-likeness (QED) is 0.432. The van der Waals surface area contributed by atoms with Crippen LogP contribution in [-0.4, -0.2) is 35.9 Å². The van der Waals surface area contributed by atoms with Gasteiger partial charge in [0.05, 0.1) is 18.5 Å². The monoisotopic (exact) mass is 451 g/mol. The van der Waals surface area contributed by atoms with E-state index in [4.69, 9.17) is 25.6 Å². The SMILES string of the molecule is CCOC(=O)CN1C(C)(C)CCCOP1(=O)c1ccc(Oc2ccc(Cl)cc2)cc1. The van der Waals surface area contributed by atoms with Crippen LogP contribution in [-0.2, 0) is 18.6 Å². The van der Waals surface area contributed by atoms with Gasteiger partial charge in [0.25, 0.3) is 0 Å². The zero-order chi connectivity index (χ0) is 21.8. The van der Waals surface area contributed by atoms with Crippen molar-refractivity contribution in [3.8, 4) is 11.5 Å². The van der Waals surface area contributed by atoms with Crippen LogP contribution in [0.5, 0.6) is 11.5 Å². The van der Waals surface area contributed by atoms with Crippen molar-refractivity contribution in [3.05, 3.63) is 53.6 Å². The van der Waals surface area contributed by atoms with E-state index in [0.717, 1.165) is 12.8 Å². The zero-order valence-electron chi connectivity index (χ0n) is 17.5. The van der Waals surface area contributed by atoms with Crippen LogP contribution in [0.25, 0.3) is 0 Å². The first-order valence-electron chi connectivity index (χ1n) is 9.97. The Labute approximate surface area is 182 Å². The van der Waals surface area contributed by atoms with E-state index in [0.29, 0.717) is 28.4 Å². The molecule has 0 bridgehead atoms. The van der Waals surface area contributed by atoms with E-state index in [1.54, 1.807) is 60.1 Å². The molecule has 2 aromatic carbocycles. The Morgan fingerprint density at radius 2 is 1.73 bits per heavy atom. The van der Waals surface area contributed by atoms with Gasteiger partial charge in [0.15, 0.2) is 0 Å². The van der Waals surface area contributed by atoms with Crippen molar-refractivity contribution in [3.63, 3.8) is 0 Å². The lowest BCUT2D eigenvalue weighted by Gasteiger charge is -2.39. The Morgan fingerprint density at radius 1 is 1.13 bits per heavy atom. The summed E-state index contributed by atoms with van der Waals surface area (Å²) in [5.74, 6) is 0.826. The van der Waals surface area contributed by atoms with E-state index in [-0.39, 0.29) is 13.2 Å². The van der Waals surface area contributed by atoms with E-state index in [2.05, 4.69) is 0 Å². The van der Waals surface area contributed by atoms with Gasteiger partial charge in [-0.1, -0.05) is 11.6 Å². The first-order chi connectivity index (χ1) is 14.2. The van der Waals surface area contributed by atoms with E-state index in [9.17, 15) is 9.36 Å². The molecule has 1 fully saturated rings. The fraction of sp³-hybridized carbons (Fsp3) is 0.409. The highest BCUT2D eigenvalue weighted by Gasteiger charge is 2.45. The van der Waals surface area contributed by atoms with Crippen LogP contribution in [0, 0.1) is 0 Å². The number of hydrogen-bond acceptors (Lipinski definition) is 5. The Balaban J connectivity index is 1.88. The number of carbonyl (C=O) groups excluding carboxylic acids is 1. The molecular formula is C22H27ClNO5P. The molecule has 6 nitrogen and oxygen atoms in total. The lowest BCUT2D eigenvalue weighted by atomic mass is 9.99. The van der Waals surface area contributed by atoms with Gasteiger partial charge in [0, 0.05) is 10.6 Å². The van der Waals surface area contributed by atoms with Crippen molar-refractivity contribution in [1.29, 1.82) is 0 Å². The summed E-state index contributed by atoms with van der Waals surface area (Å²) >= 11 is 5.90. The highest BCUT2D eigenvalue weighted by Crippen LogP contribution is 2.56. The van der Waals surface area contributed by atoms with Crippen LogP contribution < -0.4 is 10.0 Å². The summed E-state index contributed by atoms with van der Waals surface area (Å²) in [6, 6.07) is 14.0. The minimum atomic E-state index is -3.47. The molecule has 8 heteroatoms. The van der Waals surface area contributed by atoms with Crippen LogP contribution in [0.2, 0.25) is 5.02 Å². The molecule has 1 atom stereocenters. The molecule has 0 aromatic heterocycles. The second-order valence-electron chi connectivity index (χ2n) is 7.68. The number of benzene rings is 2. The molecular weight excluding hydrogens is 425 g/mol. The normalized spacial score (nSPS) is 21.6. The lowest BCUT2D eigenvalue weighted by Crippen LogP contribution is -2.45. The number of halogens is 1. The second-order valence-corrected chi connectivity index (χ2v) is 10.4. The third kappa shape index (κ3) is 5.25. The molecule has 1 aliphatic rings. The van der Waals surface area contributed by atoms with E-state index >= 15 is 0 Å². The number of ether oxygens (including phenoxy) is 2. The molecule has 1 aliphatic heterocycles. The standard InChI is InChI=1S/C22H27ClNO5P/c1-4-27-21(25)16-24-22(2,3)14-5-15-28-30(24,26)20-12-10-19(11-13-20)29-18-8-6-17(23)7-9-18/h6-13H,4-5,14-16H2,1-3H3. The first-order valence-corrected chi connectivity index (χ1v) is 11.9. The topological polar surface area (TPSA) is 65.1 Å². The van der Waals surface area contributed by atoms with Crippen molar-refractivity contribution in [2.24, 2.45) is 0 Å². The Morgan fingerprint density at radius 3 is 2.33 bits per heavy atom. The molecule has 3 rings (SSSR count). The van der Waals surface area contributed by atoms with Crippen molar-refractivity contribution in [2.45, 2.75) is 39.2 Å². The number of rotatable bonds is 6. The third-order valence-electron chi connectivity index (χ3n) is 5.01. The number of esters is 1. The molecule has 0 aliphatic carbocycles. The van der Waals surface area contributed by atoms with Gasteiger partial charge in [-0.3, -0.25) is 9.36 Å². The molecule has 1 saturated heterocycles. The molecule has 0 N–H and O–H groups in total. The molecule has 0 amide bonds. The summed E-state index contributed by atoms with van der Waals surface area (Å²) in [4.78, 5) is 12.2. The first kappa shape index (κ1) is 22.8. The highest BCUT2D eigenvalue weighted by molar-refractivity contribution is 7.64. The maximum absolute atomic E-state index is 14.1. The largest absolute Gasteiger partial charge is 0.465 e. The Kier molecular flexibility index (Phi) is 7.25. The average Bonchev–Trinajstić information content (AvgIpc) is 2.82. The predicted octanol–water partition coefficient (Wildman–Crippen LogP) is 5.40. The zero-order valence-corrected chi connectivity index (χ0v) is 19.1. The van der Waals surface area contributed by atoms with Crippen molar-refractivity contribution < 1.29 is 23.4 Å². The molecule has 162 valence electrons. The van der Waals surface area contributed by atoms with Crippen LogP contribution in [0.1, 0.15) is 33.6 Å². The summed E-state index contributed by atoms with van der Waals surface area (Å²) in [6.45, 7) is 6.25. The van der Waals surface area contributed by atoms with E-state index in [1.807, 2.05) is 13.8 Å². The second kappa shape index (κ2) is 9.52.